The number of esters is 3. The standard InChI is InChI=1S/C19H33BrO6/c1-17(2,3)25-14(21)12(11-19(7,8)16(23)24-9)10-13(20)15(22)26-18(4,5)6/h12-13H,10-11H2,1-9H3. The summed E-state index contributed by atoms with van der Waals surface area (Å²) in [6.07, 6.45) is 0.351. The number of carbonyl (C=O) groups is 3. The van der Waals surface area contributed by atoms with E-state index in [1.165, 1.54) is 7.11 Å². The largest absolute Gasteiger partial charge is 0.469 e. The van der Waals surface area contributed by atoms with E-state index in [2.05, 4.69) is 15.9 Å². The highest BCUT2D eigenvalue weighted by Crippen LogP contribution is 2.32. The van der Waals surface area contributed by atoms with Crippen molar-refractivity contribution < 1.29 is 28.6 Å². The Morgan fingerprint density at radius 3 is 1.65 bits per heavy atom. The van der Waals surface area contributed by atoms with Gasteiger partial charge in [0.25, 0.3) is 0 Å². The first-order valence-electron chi connectivity index (χ1n) is 8.67. The monoisotopic (exact) mass is 436 g/mol. The Bertz CT molecular complexity index is 513. The van der Waals surface area contributed by atoms with E-state index in [4.69, 9.17) is 14.2 Å². The molecule has 0 spiro atoms. The number of methoxy groups -OCH3 is 1. The molecule has 0 saturated carbocycles. The summed E-state index contributed by atoms with van der Waals surface area (Å²) in [6.45, 7) is 14.0. The van der Waals surface area contributed by atoms with E-state index in [-0.39, 0.29) is 12.8 Å². The molecule has 0 aromatic heterocycles. The molecule has 0 aromatic carbocycles. The molecule has 0 rings (SSSR count). The van der Waals surface area contributed by atoms with Gasteiger partial charge in [-0.2, -0.15) is 0 Å². The van der Waals surface area contributed by atoms with Gasteiger partial charge >= 0.3 is 17.9 Å². The maximum absolute atomic E-state index is 12.6. The summed E-state index contributed by atoms with van der Waals surface area (Å²) in [5.41, 5.74) is -2.19. The van der Waals surface area contributed by atoms with Gasteiger partial charge in [-0.15, -0.1) is 0 Å². The van der Waals surface area contributed by atoms with E-state index < -0.39 is 45.3 Å². The van der Waals surface area contributed by atoms with Crippen LogP contribution < -0.4 is 0 Å². The van der Waals surface area contributed by atoms with Crippen LogP contribution >= 0.6 is 15.9 Å². The van der Waals surface area contributed by atoms with Gasteiger partial charge in [0.15, 0.2) is 0 Å². The molecule has 26 heavy (non-hydrogen) atoms. The zero-order valence-corrected chi connectivity index (χ0v) is 19.0. The SMILES string of the molecule is COC(=O)C(C)(C)CC(CC(Br)C(=O)OC(C)(C)C)C(=O)OC(C)(C)C. The molecule has 6 nitrogen and oxygen atoms in total. The number of alkyl halides is 1. The van der Waals surface area contributed by atoms with E-state index in [0.29, 0.717) is 0 Å². The summed E-state index contributed by atoms with van der Waals surface area (Å²) < 4.78 is 15.6. The highest BCUT2D eigenvalue weighted by molar-refractivity contribution is 9.10. The van der Waals surface area contributed by atoms with Crippen LogP contribution in [0.25, 0.3) is 0 Å². The highest BCUT2D eigenvalue weighted by atomic mass is 79.9. The number of carbonyl (C=O) groups excluding carboxylic acids is 3. The molecule has 152 valence electrons. The van der Waals surface area contributed by atoms with Gasteiger partial charge in [0, 0.05) is 0 Å². The van der Waals surface area contributed by atoms with Gasteiger partial charge in [0.2, 0.25) is 0 Å². The Kier molecular flexibility index (Phi) is 8.81. The van der Waals surface area contributed by atoms with Gasteiger partial charge in [-0.3, -0.25) is 14.4 Å². The maximum Gasteiger partial charge on any atom is 0.320 e. The van der Waals surface area contributed by atoms with Gasteiger partial charge in [0.05, 0.1) is 18.4 Å². The Hall–Kier alpha value is -1.11. The van der Waals surface area contributed by atoms with Crippen LogP contribution in [0.2, 0.25) is 0 Å². The molecule has 0 aliphatic carbocycles. The molecule has 7 heteroatoms. The van der Waals surface area contributed by atoms with Crippen LogP contribution in [-0.2, 0) is 28.6 Å². The summed E-state index contributed by atoms with van der Waals surface area (Å²) in [6, 6.07) is 0. The van der Waals surface area contributed by atoms with Crippen LogP contribution in [0.5, 0.6) is 0 Å². The second-order valence-electron chi connectivity index (χ2n) is 9.05. The number of ether oxygens (including phenoxy) is 3. The molecule has 0 fully saturated rings. The highest BCUT2D eigenvalue weighted by Gasteiger charge is 2.39. The molecular weight excluding hydrogens is 404 g/mol. The van der Waals surface area contributed by atoms with Crippen molar-refractivity contribution in [1.29, 1.82) is 0 Å². The Morgan fingerprint density at radius 1 is 0.846 bits per heavy atom. The van der Waals surface area contributed by atoms with Crippen molar-refractivity contribution in [2.24, 2.45) is 11.3 Å². The minimum Gasteiger partial charge on any atom is -0.469 e. The van der Waals surface area contributed by atoms with Crippen LogP contribution in [0.1, 0.15) is 68.2 Å². The van der Waals surface area contributed by atoms with Crippen molar-refractivity contribution in [2.45, 2.75) is 84.3 Å². The topological polar surface area (TPSA) is 78.9 Å². The molecule has 0 saturated heterocycles. The number of hydrogen-bond acceptors (Lipinski definition) is 6. The summed E-state index contributed by atoms with van der Waals surface area (Å²) in [4.78, 5) is 36.2. The molecule has 0 radical (unpaired) electrons. The Balaban J connectivity index is 5.36. The number of rotatable bonds is 7. The average molecular weight is 437 g/mol. The summed E-state index contributed by atoms with van der Waals surface area (Å²) >= 11 is 3.31. The summed E-state index contributed by atoms with van der Waals surface area (Å²) in [5, 5.41) is 0. The average Bonchev–Trinajstić information content (AvgIpc) is 2.41. The quantitative estimate of drug-likeness (QED) is 0.340. The second kappa shape index (κ2) is 9.20. The maximum atomic E-state index is 12.6. The van der Waals surface area contributed by atoms with Gasteiger partial charge in [-0.25, -0.2) is 0 Å². The molecular formula is C19H33BrO6. The van der Waals surface area contributed by atoms with Crippen LogP contribution in [0, 0.1) is 11.3 Å². The minimum atomic E-state index is -0.892. The van der Waals surface area contributed by atoms with E-state index in [0.717, 1.165) is 0 Å². The lowest BCUT2D eigenvalue weighted by Crippen LogP contribution is -2.37. The van der Waals surface area contributed by atoms with E-state index in [1.54, 1.807) is 55.4 Å². The summed E-state index contributed by atoms with van der Waals surface area (Å²) in [7, 11) is 1.31. The van der Waals surface area contributed by atoms with Crippen molar-refractivity contribution >= 4 is 33.8 Å². The first-order valence-corrected chi connectivity index (χ1v) is 9.58. The third-order valence-electron chi connectivity index (χ3n) is 3.39. The molecule has 0 aliphatic rings. The first kappa shape index (κ1) is 24.9. The Labute approximate surface area is 165 Å². The van der Waals surface area contributed by atoms with E-state index in [1.807, 2.05) is 0 Å². The Morgan fingerprint density at radius 2 is 1.27 bits per heavy atom. The minimum absolute atomic E-state index is 0.157. The molecule has 0 heterocycles. The third-order valence-corrected chi connectivity index (χ3v) is 4.14. The van der Waals surface area contributed by atoms with Crippen molar-refractivity contribution in [2.75, 3.05) is 7.11 Å². The van der Waals surface area contributed by atoms with Crippen molar-refractivity contribution in [3.8, 4) is 0 Å². The number of hydrogen-bond donors (Lipinski definition) is 0. The van der Waals surface area contributed by atoms with Crippen molar-refractivity contribution in [3.63, 3.8) is 0 Å². The fourth-order valence-electron chi connectivity index (χ4n) is 2.34. The summed E-state index contributed by atoms with van der Waals surface area (Å²) in [5.74, 6) is -2.00. The van der Waals surface area contributed by atoms with Gasteiger partial charge in [-0.1, -0.05) is 15.9 Å². The van der Waals surface area contributed by atoms with Gasteiger partial charge in [-0.05, 0) is 68.2 Å². The van der Waals surface area contributed by atoms with Crippen LogP contribution in [0.15, 0.2) is 0 Å². The predicted molar refractivity (Wildman–Crippen MR) is 103 cm³/mol. The van der Waals surface area contributed by atoms with E-state index >= 15 is 0 Å². The zero-order chi connectivity index (χ0) is 20.9. The van der Waals surface area contributed by atoms with Gasteiger partial charge in [0.1, 0.15) is 16.0 Å². The van der Waals surface area contributed by atoms with Crippen LogP contribution in [0.4, 0.5) is 0 Å². The number of halogens is 1. The van der Waals surface area contributed by atoms with Crippen molar-refractivity contribution in [3.05, 3.63) is 0 Å². The van der Waals surface area contributed by atoms with Crippen LogP contribution in [0.3, 0.4) is 0 Å². The third kappa shape index (κ3) is 9.55. The first-order chi connectivity index (χ1) is 11.5. The predicted octanol–water partition coefficient (Wildman–Crippen LogP) is 4.03. The van der Waals surface area contributed by atoms with Crippen LogP contribution in [-0.4, -0.2) is 41.0 Å². The zero-order valence-electron chi connectivity index (χ0n) is 17.4. The fraction of sp³-hybridized carbons (Fsp3) is 0.842. The molecule has 0 aliphatic heterocycles. The molecule has 2 atom stereocenters. The molecule has 2 unspecified atom stereocenters. The second-order valence-corrected chi connectivity index (χ2v) is 10.2. The fourth-order valence-corrected chi connectivity index (χ4v) is 2.88. The van der Waals surface area contributed by atoms with Gasteiger partial charge < -0.3 is 14.2 Å². The smallest absolute Gasteiger partial charge is 0.320 e. The lowest BCUT2D eigenvalue weighted by molar-refractivity contribution is -0.163. The molecule has 0 N–H and O–H groups in total. The molecule has 0 bridgehead atoms. The molecule has 0 amide bonds. The van der Waals surface area contributed by atoms with E-state index in [9.17, 15) is 14.4 Å². The van der Waals surface area contributed by atoms with Crippen molar-refractivity contribution in [1.82, 2.24) is 0 Å². The lowest BCUT2D eigenvalue weighted by Gasteiger charge is -2.30. The normalized spacial score (nSPS) is 15.0. The molecule has 0 aromatic rings. The lowest BCUT2D eigenvalue weighted by atomic mass is 9.81.